The minimum Gasteiger partial charge on any atom is -0.476 e. The minimum absolute atomic E-state index is 0.0836. The summed E-state index contributed by atoms with van der Waals surface area (Å²) in [5.74, 6) is -1.14. The van der Waals surface area contributed by atoms with E-state index in [1.54, 1.807) is 67.8 Å². The van der Waals surface area contributed by atoms with Crippen LogP contribution in [0.25, 0.3) is 22.2 Å². The Morgan fingerprint density at radius 1 is 1.03 bits per heavy atom. The van der Waals surface area contributed by atoms with Crippen LogP contribution < -0.4 is 4.72 Å². The number of fused-ring (bicyclic) bond motifs is 1. The lowest BCUT2D eigenvalue weighted by Crippen LogP contribution is -2.12. The number of anilines is 1. The standard InChI is InChI=1S/C21H18N4O4S/c1-13-3-9-16(10-4-13)30(28,29)24-15-7-5-14(6-8-15)17-11-12-22-20-18(17)19(21(26)27)23-25(20)2/h3-12,24H,1-2H3,(H,26,27). The monoisotopic (exact) mass is 422 g/mol. The molecule has 8 nitrogen and oxygen atoms in total. The molecule has 0 spiro atoms. The van der Waals surface area contributed by atoms with E-state index in [2.05, 4.69) is 14.8 Å². The number of sulfonamides is 1. The Morgan fingerprint density at radius 3 is 2.33 bits per heavy atom. The van der Waals surface area contributed by atoms with E-state index in [4.69, 9.17) is 0 Å². The number of aryl methyl sites for hydroxylation is 2. The van der Waals surface area contributed by atoms with Gasteiger partial charge in [0, 0.05) is 18.9 Å². The maximum Gasteiger partial charge on any atom is 0.357 e. The molecule has 152 valence electrons. The highest BCUT2D eigenvalue weighted by atomic mass is 32.2. The van der Waals surface area contributed by atoms with E-state index in [0.717, 1.165) is 11.1 Å². The smallest absolute Gasteiger partial charge is 0.357 e. The lowest BCUT2D eigenvalue weighted by molar-refractivity contribution is 0.0691. The Labute approximate surface area is 172 Å². The molecule has 0 amide bonds. The van der Waals surface area contributed by atoms with Gasteiger partial charge >= 0.3 is 5.97 Å². The van der Waals surface area contributed by atoms with Crippen molar-refractivity contribution in [2.45, 2.75) is 11.8 Å². The Hall–Kier alpha value is -3.72. The topological polar surface area (TPSA) is 114 Å². The lowest BCUT2D eigenvalue weighted by atomic mass is 10.0. The first-order chi connectivity index (χ1) is 14.3. The van der Waals surface area contributed by atoms with Crippen molar-refractivity contribution in [3.05, 3.63) is 72.1 Å². The van der Waals surface area contributed by atoms with E-state index in [0.29, 0.717) is 22.3 Å². The van der Waals surface area contributed by atoms with Gasteiger partial charge in [-0.05, 0) is 48.4 Å². The highest BCUT2D eigenvalue weighted by Gasteiger charge is 2.20. The number of rotatable bonds is 5. The average molecular weight is 422 g/mol. The molecule has 2 aromatic carbocycles. The Balaban J connectivity index is 1.69. The zero-order valence-corrected chi connectivity index (χ0v) is 17.0. The zero-order valence-electron chi connectivity index (χ0n) is 16.2. The molecule has 0 aliphatic heterocycles. The van der Waals surface area contributed by atoms with Crippen LogP contribution in [-0.4, -0.2) is 34.3 Å². The van der Waals surface area contributed by atoms with Crippen LogP contribution in [0.2, 0.25) is 0 Å². The molecule has 0 bridgehead atoms. The first-order valence-corrected chi connectivity index (χ1v) is 10.5. The third-order valence-electron chi connectivity index (χ3n) is 4.71. The fourth-order valence-corrected chi connectivity index (χ4v) is 4.28. The first kappa shape index (κ1) is 19.6. The number of carbonyl (C=O) groups is 1. The molecule has 0 saturated heterocycles. The van der Waals surface area contributed by atoms with Gasteiger partial charge in [-0.2, -0.15) is 5.10 Å². The molecule has 2 heterocycles. The second kappa shape index (κ2) is 7.27. The van der Waals surface area contributed by atoms with Crippen LogP contribution in [0.1, 0.15) is 16.1 Å². The summed E-state index contributed by atoms with van der Waals surface area (Å²) in [6.45, 7) is 1.89. The predicted molar refractivity (Wildman–Crippen MR) is 113 cm³/mol. The second-order valence-corrected chi connectivity index (χ2v) is 8.51. The van der Waals surface area contributed by atoms with Crippen LogP contribution in [0.3, 0.4) is 0 Å². The summed E-state index contributed by atoms with van der Waals surface area (Å²) in [7, 11) is -2.07. The van der Waals surface area contributed by atoms with Crippen LogP contribution >= 0.6 is 0 Å². The van der Waals surface area contributed by atoms with Crippen LogP contribution in [0, 0.1) is 6.92 Å². The summed E-state index contributed by atoms with van der Waals surface area (Å²) in [6.07, 6.45) is 1.58. The highest BCUT2D eigenvalue weighted by Crippen LogP contribution is 2.31. The number of hydrogen-bond donors (Lipinski definition) is 2. The Bertz CT molecular complexity index is 1360. The van der Waals surface area contributed by atoms with Gasteiger partial charge < -0.3 is 5.11 Å². The van der Waals surface area contributed by atoms with Crippen molar-refractivity contribution in [1.82, 2.24) is 14.8 Å². The molecule has 0 saturated carbocycles. The molecule has 0 aliphatic rings. The number of pyridine rings is 1. The highest BCUT2D eigenvalue weighted by molar-refractivity contribution is 7.92. The van der Waals surface area contributed by atoms with Crippen molar-refractivity contribution < 1.29 is 18.3 Å². The second-order valence-electron chi connectivity index (χ2n) is 6.83. The molecule has 0 aliphatic carbocycles. The van der Waals surface area contributed by atoms with Gasteiger partial charge in [-0.3, -0.25) is 4.72 Å². The molecule has 4 aromatic rings. The van der Waals surface area contributed by atoms with Crippen molar-refractivity contribution in [3.8, 4) is 11.1 Å². The van der Waals surface area contributed by atoms with Gasteiger partial charge in [-0.1, -0.05) is 29.8 Å². The van der Waals surface area contributed by atoms with Gasteiger partial charge in [-0.15, -0.1) is 0 Å². The predicted octanol–water partition coefficient (Wildman–Crippen LogP) is 3.44. The van der Waals surface area contributed by atoms with E-state index in [1.165, 1.54) is 4.68 Å². The third-order valence-corrected chi connectivity index (χ3v) is 6.10. The van der Waals surface area contributed by atoms with Crippen molar-refractivity contribution in [2.24, 2.45) is 7.05 Å². The number of aromatic carboxylic acids is 1. The number of carboxylic acid groups (broad SMARTS) is 1. The number of aromatic nitrogens is 3. The van der Waals surface area contributed by atoms with E-state index in [1.807, 2.05) is 6.92 Å². The number of benzene rings is 2. The van der Waals surface area contributed by atoms with E-state index >= 15 is 0 Å². The van der Waals surface area contributed by atoms with Crippen LogP contribution in [-0.2, 0) is 17.1 Å². The molecule has 2 aromatic heterocycles. The van der Waals surface area contributed by atoms with Crippen LogP contribution in [0.15, 0.2) is 65.7 Å². The normalized spacial score (nSPS) is 11.5. The number of nitrogens with zero attached hydrogens (tertiary/aromatic N) is 3. The molecule has 4 rings (SSSR count). The Kier molecular flexibility index (Phi) is 4.75. The molecule has 9 heteroatoms. The number of hydrogen-bond acceptors (Lipinski definition) is 5. The van der Waals surface area contributed by atoms with Gasteiger partial charge in [0.05, 0.1) is 10.3 Å². The molecule has 2 N–H and O–H groups in total. The summed E-state index contributed by atoms with van der Waals surface area (Å²) in [5.41, 5.74) is 3.11. The first-order valence-electron chi connectivity index (χ1n) is 9.01. The van der Waals surface area contributed by atoms with Crippen molar-refractivity contribution in [1.29, 1.82) is 0 Å². The molecular formula is C21H18N4O4S. The molecule has 0 atom stereocenters. The van der Waals surface area contributed by atoms with E-state index in [9.17, 15) is 18.3 Å². The largest absolute Gasteiger partial charge is 0.476 e. The molecule has 0 radical (unpaired) electrons. The maximum absolute atomic E-state index is 12.6. The molecular weight excluding hydrogens is 404 g/mol. The summed E-state index contributed by atoms with van der Waals surface area (Å²) in [4.78, 5) is 16.0. The summed E-state index contributed by atoms with van der Waals surface area (Å²) in [5, 5.41) is 14.0. The number of carboxylic acids is 1. The molecule has 0 unspecified atom stereocenters. The van der Waals surface area contributed by atoms with Gasteiger partial charge in [0.25, 0.3) is 10.0 Å². The molecule has 0 fully saturated rings. The van der Waals surface area contributed by atoms with E-state index < -0.39 is 16.0 Å². The zero-order chi connectivity index (χ0) is 21.5. The average Bonchev–Trinajstić information content (AvgIpc) is 3.06. The van der Waals surface area contributed by atoms with Crippen molar-refractivity contribution in [2.75, 3.05) is 4.72 Å². The van der Waals surface area contributed by atoms with Gasteiger partial charge in [-0.25, -0.2) is 22.9 Å². The quantitative estimate of drug-likeness (QED) is 0.509. The summed E-state index contributed by atoms with van der Waals surface area (Å²) < 4.78 is 29.1. The lowest BCUT2D eigenvalue weighted by Gasteiger charge is -2.10. The number of nitrogens with one attached hydrogen (secondary N) is 1. The maximum atomic E-state index is 12.6. The summed E-state index contributed by atoms with van der Waals surface area (Å²) >= 11 is 0. The fraction of sp³-hybridized carbons (Fsp3) is 0.0952. The fourth-order valence-electron chi connectivity index (χ4n) is 3.22. The Morgan fingerprint density at radius 2 is 1.70 bits per heavy atom. The van der Waals surface area contributed by atoms with Gasteiger partial charge in [0.2, 0.25) is 0 Å². The molecule has 30 heavy (non-hydrogen) atoms. The van der Waals surface area contributed by atoms with Gasteiger partial charge in [0.1, 0.15) is 0 Å². The van der Waals surface area contributed by atoms with Crippen molar-refractivity contribution in [3.63, 3.8) is 0 Å². The van der Waals surface area contributed by atoms with E-state index in [-0.39, 0.29) is 10.6 Å². The minimum atomic E-state index is -3.71. The SMILES string of the molecule is Cc1ccc(S(=O)(=O)Nc2ccc(-c3ccnc4c3c(C(=O)O)nn4C)cc2)cc1. The van der Waals surface area contributed by atoms with Crippen LogP contribution in [0.4, 0.5) is 5.69 Å². The van der Waals surface area contributed by atoms with Crippen LogP contribution in [0.5, 0.6) is 0 Å². The van der Waals surface area contributed by atoms with Gasteiger partial charge in [0.15, 0.2) is 11.3 Å². The summed E-state index contributed by atoms with van der Waals surface area (Å²) in [6, 6.07) is 15.0. The van der Waals surface area contributed by atoms with Crippen molar-refractivity contribution >= 4 is 32.7 Å². The third kappa shape index (κ3) is 3.50.